The topological polar surface area (TPSA) is 60.7 Å². The second-order valence-corrected chi connectivity index (χ2v) is 37.0. The number of para-hydroxylation sites is 1. The van der Waals surface area contributed by atoms with Gasteiger partial charge in [0.15, 0.2) is 17.4 Å². The van der Waals surface area contributed by atoms with Crippen LogP contribution in [0, 0.1) is 0 Å². The van der Waals surface area contributed by atoms with Gasteiger partial charge in [0, 0.05) is 38.4 Å². The number of rotatable bonds is 10. The first kappa shape index (κ1) is 76.2. The average molecular weight is 1690 g/mol. The number of ketones is 1. The fraction of sp³-hybridized carbons (Fsp3) is 0.0469. The van der Waals surface area contributed by atoms with Crippen molar-refractivity contribution in [3.8, 4) is 140 Å². The third-order valence-corrected chi connectivity index (χ3v) is 29.5. The van der Waals surface area contributed by atoms with Crippen LogP contribution in [0.2, 0.25) is 0 Å². The number of carbonyl (C=O) groups excluding carboxylic acids is 1. The molecule has 0 unspecified atom stereocenters. The summed E-state index contributed by atoms with van der Waals surface area (Å²) in [4.78, 5) is 32.6. The van der Waals surface area contributed by atoms with Crippen molar-refractivity contribution in [1.82, 2.24) is 19.5 Å². The lowest BCUT2D eigenvalue weighted by Crippen LogP contribution is -2.26. The molecule has 4 aliphatic carbocycles. The Labute approximate surface area is 770 Å². The van der Waals surface area contributed by atoms with Crippen LogP contribution in [0.25, 0.3) is 205 Å². The number of hydrogen-bond donors (Lipinski definition) is 0. The van der Waals surface area contributed by atoms with E-state index in [0.717, 1.165) is 95.2 Å². The van der Waals surface area contributed by atoms with Gasteiger partial charge in [0.2, 0.25) is 5.95 Å². The molecule has 27 rings (SSSR count). The molecule has 23 aromatic rings. The van der Waals surface area contributed by atoms with Crippen molar-refractivity contribution in [1.29, 1.82) is 0 Å². The van der Waals surface area contributed by atoms with Gasteiger partial charge in [-0.3, -0.25) is 9.36 Å². The molecule has 5 nitrogen and oxygen atoms in total. The predicted molar refractivity (Wildman–Crippen MR) is 549 cm³/mol. The minimum Gasteiger partial charge on any atom is -0.289 e. The minimum atomic E-state index is -0.749. The number of nitrogens with zero attached hydrogens (tertiary/aromatic N) is 4. The van der Waals surface area contributed by atoms with Crippen LogP contribution in [-0.2, 0) is 23.7 Å². The van der Waals surface area contributed by atoms with Crippen LogP contribution in [0.4, 0.5) is 0 Å². The Morgan fingerprint density at radius 1 is 0.248 bits per heavy atom. The lowest BCUT2D eigenvalue weighted by Gasteiger charge is -2.31. The maximum Gasteiger partial charge on any atom is 0.238 e. The van der Waals surface area contributed by atoms with Gasteiger partial charge in [-0.15, -0.1) is 0 Å². The van der Waals surface area contributed by atoms with E-state index in [1.54, 1.807) is 0 Å². The second-order valence-electron chi connectivity index (χ2n) is 37.0. The number of benzene rings is 21. The quantitative estimate of drug-likeness (QED) is 0.101. The SMILES string of the molecule is CC1(C)c2ccccc2-c2ccc3c4ccccc4n(-c4nc(-c5ccccc5)nc(-c5ccc(-c6ccc7c(c6)-c6ccccc6Cc6ccccc6-c6ccc(C(=O)c8ccc9c(c8)C8(c%10ccccc%10-c%10ccccc%108)c8cccc(-c%10cc(-c%11ccc%12cc(-c%13cccc(-c%14cc%15ccccc%15c%15ccccc%14%15)c%13)ccc%12c%11)cc%11ccccc%10%11)c8-9)cc6C7)cc5)n4)c3c21. The van der Waals surface area contributed by atoms with Gasteiger partial charge >= 0.3 is 0 Å². The van der Waals surface area contributed by atoms with Gasteiger partial charge in [-0.05, 0) is 283 Å². The molecule has 0 saturated carbocycles. The van der Waals surface area contributed by atoms with Gasteiger partial charge in [0.05, 0.1) is 16.4 Å². The Hall–Kier alpha value is -16.9. The molecule has 133 heavy (non-hydrogen) atoms. The van der Waals surface area contributed by atoms with Crippen LogP contribution < -0.4 is 0 Å². The van der Waals surface area contributed by atoms with Crippen molar-refractivity contribution < 1.29 is 4.79 Å². The molecule has 4 aliphatic rings. The Morgan fingerprint density at radius 2 is 0.722 bits per heavy atom. The Morgan fingerprint density at radius 3 is 1.46 bits per heavy atom. The molecule has 0 saturated heterocycles. The van der Waals surface area contributed by atoms with Crippen LogP contribution in [0.3, 0.4) is 0 Å². The maximum absolute atomic E-state index is 16.4. The molecule has 2 aromatic heterocycles. The lowest BCUT2D eigenvalue weighted by molar-refractivity contribution is 0.103. The number of carbonyl (C=O) groups is 1. The molecule has 0 N–H and O–H groups in total. The summed E-state index contributed by atoms with van der Waals surface area (Å²) in [6.07, 6.45) is 1.30. The molecule has 0 aliphatic heterocycles. The van der Waals surface area contributed by atoms with Crippen LogP contribution in [0.15, 0.2) is 437 Å². The monoisotopic (exact) mass is 1690 g/mol. The summed E-state index contributed by atoms with van der Waals surface area (Å²) in [5.41, 5.74) is 39.7. The summed E-state index contributed by atoms with van der Waals surface area (Å²) in [5.74, 6) is 1.73. The smallest absolute Gasteiger partial charge is 0.238 e. The molecule has 0 fully saturated rings. The summed E-state index contributed by atoms with van der Waals surface area (Å²) >= 11 is 0. The molecule has 0 atom stereocenters. The van der Waals surface area contributed by atoms with Crippen LogP contribution in [-0.4, -0.2) is 25.3 Å². The summed E-state index contributed by atoms with van der Waals surface area (Å²) in [6.45, 7) is 4.70. The van der Waals surface area contributed by atoms with E-state index in [1.807, 2.05) is 18.2 Å². The predicted octanol–water partition coefficient (Wildman–Crippen LogP) is 32.0. The van der Waals surface area contributed by atoms with Gasteiger partial charge in [-0.1, -0.05) is 390 Å². The van der Waals surface area contributed by atoms with Gasteiger partial charge < -0.3 is 0 Å². The first-order valence-electron chi connectivity index (χ1n) is 46.2. The first-order chi connectivity index (χ1) is 65.6. The molecule has 0 amide bonds. The Balaban J connectivity index is 0.548. The van der Waals surface area contributed by atoms with E-state index in [-0.39, 0.29) is 11.2 Å². The van der Waals surface area contributed by atoms with Crippen LogP contribution in [0.1, 0.15) is 85.4 Å². The van der Waals surface area contributed by atoms with Crippen molar-refractivity contribution >= 4 is 70.7 Å². The molecule has 5 heteroatoms. The maximum atomic E-state index is 16.4. The normalized spacial score (nSPS) is 13.3. The van der Waals surface area contributed by atoms with E-state index in [1.165, 1.54) is 154 Å². The number of aromatic nitrogens is 4. The van der Waals surface area contributed by atoms with E-state index < -0.39 is 5.41 Å². The standard InChI is InChI=1S/C128H82N4O/c1-127(2)114-45-20-16-42-105(114)108-64-65-109-106-43-19-23-49-119(106)132(122(109)121(108)127)126-130-124(78-26-4-3-5-27-78)129-125(131-126)79-52-50-77(51-53-79)85-58-59-91-71-95-72-92(60-62-100(95)96-34-10-6-28-86(96)69-87-29-7-12-36-98(87)111(91)73-85)123(133)93-61-63-110-118(76-93)128(115-46-21-17-40-103(115)104-41-18-22-47-116(104)128)117-48-25-44-107(120(110)117)113-75-94(70-88-30-8-13-37-99(88)113)84-57-56-82-66-81(54-55-83(82)67-84)80-32-24-33-89(68-80)112-74-90-31-9-11-35-97(90)101-38-14-15-39-102(101)112/h3-68,70,72-76H,69,71H2,1-2H3. The van der Waals surface area contributed by atoms with E-state index in [0.29, 0.717) is 35.1 Å². The zero-order valence-corrected chi connectivity index (χ0v) is 73.2. The largest absolute Gasteiger partial charge is 0.289 e. The Kier molecular flexibility index (Phi) is 17.0. The van der Waals surface area contributed by atoms with Crippen molar-refractivity contribution in [2.75, 3.05) is 0 Å². The fourth-order valence-corrected chi connectivity index (χ4v) is 23.4. The summed E-state index contributed by atoms with van der Waals surface area (Å²) in [5, 5.41) is 12.1. The molecular formula is C128H82N4O. The van der Waals surface area contributed by atoms with E-state index in [4.69, 9.17) is 15.0 Å². The minimum absolute atomic E-state index is 0.0218. The molecule has 0 bridgehead atoms. The van der Waals surface area contributed by atoms with E-state index >= 15 is 4.79 Å². The van der Waals surface area contributed by atoms with Crippen LogP contribution >= 0.6 is 0 Å². The molecule has 2 heterocycles. The summed E-state index contributed by atoms with van der Waals surface area (Å²) in [6, 6.07) is 160. The van der Waals surface area contributed by atoms with Crippen molar-refractivity contribution in [3.05, 3.63) is 504 Å². The first-order valence-corrected chi connectivity index (χ1v) is 46.2. The van der Waals surface area contributed by atoms with Crippen molar-refractivity contribution in [3.63, 3.8) is 0 Å². The molecule has 21 aromatic carbocycles. The molecule has 620 valence electrons. The highest BCUT2D eigenvalue weighted by Gasteiger charge is 2.53. The molecule has 0 radical (unpaired) electrons. The second kappa shape index (κ2) is 29.6. The van der Waals surface area contributed by atoms with Gasteiger partial charge in [-0.2, -0.15) is 9.97 Å². The highest BCUT2D eigenvalue weighted by Crippen LogP contribution is 2.65. The van der Waals surface area contributed by atoms with Crippen molar-refractivity contribution in [2.24, 2.45) is 0 Å². The van der Waals surface area contributed by atoms with E-state index in [2.05, 4.69) is 437 Å². The van der Waals surface area contributed by atoms with Crippen molar-refractivity contribution in [2.45, 2.75) is 37.5 Å². The van der Waals surface area contributed by atoms with Gasteiger partial charge in [-0.25, -0.2) is 4.98 Å². The number of fused-ring (bicyclic) bond motifs is 28. The highest BCUT2D eigenvalue weighted by atomic mass is 16.1. The third kappa shape index (κ3) is 11.8. The zero-order valence-electron chi connectivity index (χ0n) is 73.2. The van der Waals surface area contributed by atoms with Gasteiger partial charge in [0.1, 0.15) is 0 Å². The average Bonchev–Trinajstić information content (AvgIpc) is 1.50. The zero-order chi connectivity index (χ0) is 87.9. The Bertz CT molecular complexity index is 8910. The lowest BCUT2D eigenvalue weighted by atomic mass is 9.70. The van der Waals surface area contributed by atoms with Crippen LogP contribution in [0.5, 0.6) is 0 Å². The molecular weight excluding hydrogens is 1610 g/mol. The fourth-order valence-electron chi connectivity index (χ4n) is 23.4. The number of hydrogen-bond acceptors (Lipinski definition) is 4. The molecule has 1 spiro atoms. The van der Waals surface area contributed by atoms with Gasteiger partial charge in [0.25, 0.3) is 0 Å². The third-order valence-electron chi connectivity index (χ3n) is 29.5. The van der Waals surface area contributed by atoms with E-state index in [9.17, 15) is 0 Å². The summed E-state index contributed by atoms with van der Waals surface area (Å²) in [7, 11) is 0. The highest BCUT2D eigenvalue weighted by molar-refractivity contribution is 6.17. The summed E-state index contributed by atoms with van der Waals surface area (Å²) < 4.78 is 2.29.